The Balaban J connectivity index is 0.00000320. The van der Waals surface area contributed by atoms with Gasteiger partial charge in [-0.25, -0.2) is 9.48 Å². The average molecular weight is 526 g/mol. The van der Waals surface area contributed by atoms with E-state index < -0.39 is 5.60 Å². The third-order valence-electron chi connectivity index (χ3n) is 4.55. The predicted molar refractivity (Wildman–Crippen MR) is 129 cm³/mol. The molecule has 1 aromatic heterocycles. The van der Waals surface area contributed by atoms with Crippen LogP contribution < -0.4 is 10.6 Å². The highest BCUT2D eigenvalue weighted by Crippen LogP contribution is 2.13. The van der Waals surface area contributed by atoms with Gasteiger partial charge in [-0.05, 0) is 51.0 Å². The van der Waals surface area contributed by atoms with Gasteiger partial charge in [0, 0.05) is 39.1 Å². The first-order chi connectivity index (χ1) is 13.8. The van der Waals surface area contributed by atoms with Gasteiger partial charge in [-0.15, -0.1) is 24.0 Å². The summed E-state index contributed by atoms with van der Waals surface area (Å²) in [5, 5.41) is 10.6. The van der Waals surface area contributed by atoms with Gasteiger partial charge in [0.2, 0.25) is 0 Å². The van der Waals surface area contributed by atoms with Crippen LogP contribution in [0.3, 0.4) is 0 Å². The molecule has 1 fully saturated rings. The van der Waals surface area contributed by atoms with Crippen molar-refractivity contribution in [3.05, 3.63) is 48.3 Å². The Morgan fingerprint density at radius 3 is 2.80 bits per heavy atom. The third kappa shape index (κ3) is 6.89. The Morgan fingerprint density at radius 1 is 1.33 bits per heavy atom. The minimum Gasteiger partial charge on any atom is -0.444 e. The molecule has 2 aromatic rings. The number of rotatable bonds is 4. The maximum atomic E-state index is 12.0. The largest absolute Gasteiger partial charge is 0.444 e. The van der Waals surface area contributed by atoms with Crippen molar-refractivity contribution in [2.45, 2.75) is 45.4 Å². The molecule has 2 heterocycles. The van der Waals surface area contributed by atoms with Crippen molar-refractivity contribution >= 4 is 36.0 Å². The number of guanidine groups is 1. The number of likely N-dealkylation sites (tertiary alicyclic amines) is 1. The van der Waals surface area contributed by atoms with E-state index in [1.807, 2.05) is 49.8 Å². The molecular formula is C21H31IN6O2. The van der Waals surface area contributed by atoms with Crippen LogP contribution in [0.15, 0.2) is 47.7 Å². The molecule has 0 spiro atoms. The number of carbonyl (C=O) groups excluding carboxylic acids is 1. The summed E-state index contributed by atoms with van der Waals surface area (Å²) in [6, 6.07) is 10.2. The monoisotopic (exact) mass is 526 g/mol. The standard InChI is InChI=1S/C21H30N6O2.HI/c1-21(2,3)29-20(28)25-17-9-12-26(15-17)19(22-4)23-14-16-7-5-8-18(13-16)27-11-6-10-24-27;/h5-8,10-11,13,17H,9,12,14-15H2,1-4H3,(H,22,23)(H,25,28);1H/t17-;/m1./s1. The molecule has 0 aliphatic carbocycles. The van der Waals surface area contributed by atoms with E-state index >= 15 is 0 Å². The molecule has 8 nitrogen and oxygen atoms in total. The predicted octanol–water partition coefficient (Wildman–Crippen LogP) is 3.16. The molecule has 0 radical (unpaired) electrons. The smallest absolute Gasteiger partial charge is 0.407 e. The lowest BCUT2D eigenvalue weighted by molar-refractivity contribution is 0.0507. The first-order valence-electron chi connectivity index (χ1n) is 9.88. The number of benzene rings is 1. The van der Waals surface area contributed by atoms with Crippen LogP contribution in [-0.2, 0) is 11.3 Å². The molecule has 0 bridgehead atoms. The molecule has 3 rings (SSSR count). The zero-order chi connectivity index (χ0) is 20.9. The zero-order valence-electron chi connectivity index (χ0n) is 18.0. The summed E-state index contributed by atoms with van der Waals surface area (Å²) in [7, 11) is 1.77. The summed E-state index contributed by atoms with van der Waals surface area (Å²) in [6.07, 6.45) is 4.17. The third-order valence-corrected chi connectivity index (χ3v) is 4.55. The number of halogens is 1. The molecule has 0 unspecified atom stereocenters. The number of hydrogen-bond acceptors (Lipinski definition) is 4. The summed E-state index contributed by atoms with van der Waals surface area (Å²) in [5.41, 5.74) is 1.67. The minimum atomic E-state index is -0.495. The summed E-state index contributed by atoms with van der Waals surface area (Å²) >= 11 is 0. The topological polar surface area (TPSA) is 83.8 Å². The van der Waals surface area contributed by atoms with E-state index in [4.69, 9.17) is 4.74 Å². The molecule has 1 saturated heterocycles. The lowest BCUT2D eigenvalue weighted by Crippen LogP contribution is -2.44. The van der Waals surface area contributed by atoms with Crippen molar-refractivity contribution in [1.82, 2.24) is 25.3 Å². The van der Waals surface area contributed by atoms with E-state index in [9.17, 15) is 4.79 Å². The summed E-state index contributed by atoms with van der Waals surface area (Å²) < 4.78 is 7.19. The second-order valence-corrected chi connectivity index (χ2v) is 8.10. The van der Waals surface area contributed by atoms with Gasteiger partial charge in [0.25, 0.3) is 0 Å². The molecule has 1 atom stereocenters. The molecule has 1 amide bonds. The molecule has 2 N–H and O–H groups in total. The van der Waals surface area contributed by atoms with Gasteiger partial charge in [0.05, 0.1) is 11.7 Å². The Bertz CT molecular complexity index is 847. The molecule has 9 heteroatoms. The lowest BCUT2D eigenvalue weighted by atomic mass is 10.2. The normalized spacial score (nSPS) is 16.7. The fourth-order valence-electron chi connectivity index (χ4n) is 3.29. The van der Waals surface area contributed by atoms with E-state index in [0.717, 1.165) is 30.2 Å². The molecule has 1 aliphatic heterocycles. The fraction of sp³-hybridized carbons (Fsp3) is 0.476. The minimum absolute atomic E-state index is 0. The number of nitrogens with zero attached hydrogens (tertiary/aromatic N) is 4. The van der Waals surface area contributed by atoms with Crippen LogP contribution in [0.2, 0.25) is 0 Å². The van der Waals surface area contributed by atoms with Gasteiger partial charge >= 0.3 is 6.09 Å². The van der Waals surface area contributed by atoms with Crippen molar-refractivity contribution in [3.8, 4) is 5.69 Å². The van der Waals surface area contributed by atoms with Gasteiger partial charge in [0.15, 0.2) is 5.96 Å². The van der Waals surface area contributed by atoms with Crippen molar-refractivity contribution in [1.29, 1.82) is 0 Å². The van der Waals surface area contributed by atoms with E-state index in [1.165, 1.54) is 0 Å². The Kier molecular flexibility index (Phi) is 8.51. The number of ether oxygens (including phenoxy) is 1. The molecule has 0 saturated carbocycles. The second kappa shape index (κ2) is 10.6. The van der Waals surface area contributed by atoms with Gasteiger partial charge in [-0.1, -0.05) is 12.1 Å². The van der Waals surface area contributed by atoms with Crippen LogP contribution in [0.4, 0.5) is 4.79 Å². The van der Waals surface area contributed by atoms with Crippen LogP contribution in [0.1, 0.15) is 32.8 Å². The van der Waals surface area contributed by atoms with Crippen LogP contribution >= 0.6 is 24.0 Å². The summed E-state index contributed by atoms with van der Waals surface area (Å²) in [4.78, 5) is 18.5. The molecule has 1 aliphatic rings. The summed E-state index contributed by atoms with van der Waals surface area (Å²) in [6.45, 7) is 7.77. The van der Waals surface area contributed by atoms with Crippen LogP contribution in [-0.4, -0.2) is 58.5 Å². The molecule has 164 valence electrons. The highest BCUT2D eigenvalue weighted by atomic mass is 127. The van der Waals surface area contributed by atoms with Crippen molar-refractivity contribution in [2.24, 2.45) is 4.99 Å². The van der Waals surface area contributed by atoms with E-state index in [2.05, 4.69) is 37.8 Å². The highest BCUT2D eigenvalue weighted by Gasteiger charge is 2.27. The fourth-order valence-corrected chi connectivity index (χ4v) is 3.29. The van der Waals surface area contributed by atoms with Gasteiger partial charge < -0.3 is 20.3 Å². The molecule has 30 heavy (non-hydrogen) atoms. The first-order valence-corrected chi connectivity index (χ1v) is 9.88. The summed E-state index contributed by atoms with van der Waals surface area (Å²) in [5.74, 6) is 0.822. The quantitative estimate of drug-likeness (QED) is 0.364. The number of nitrogens with one attached hydrogen (secondary N) is 2. The van der Waals surface area contributed by atoms with Gasteiger partial charge in [-0.2, -0.15) is 5.10 Å². The average Bonchev–Trinajstić information content (AvgIpc) is 3.33. The maximum absolute atomic E-state index is 12.0. The Labute approximate surface area is 195 Å². The number of hydrogen-bond donors (Lipinski definition) is 2. The van der Waals surface area contributed by atoms with Crippen LogP contribution in [0.25, 0.3) is 5.69 Å². The first kappa shape index (κ1) is 24.0. The van der Waals surface area contributed by atoms with E-state index in [-0.39, 0.29) is 36.1 Å². The van der Waals surface area contributed by atoms with Crippen LogP contribution in [0, 0.1) is 0 Å². The second-order valence-electron chi connectivity index (χ2n) is 8.10. The number of aliphatic imine (C=N–C) groups is 1. The van der Waals surface area contributed by atoms with Crippen molar-refractivity contribution in [2.75, 3.05) is 20.1 Å². The van der Waals surface area contributed by atoms with Crippen LogP contribution in [0.5, 0.6) is 0 Å². The number of amides is 1. The van der Waals surface area contributed by atoms with E-state index in [1.54, 1.807) is 13.2 Å². The zero-order valence-corrected chi connectivity index (χ0v) is 20.3. The molecule has 1 aromatic carbocycles. The Hall–Kier alpha value is -2.30. The number of aromatic nitrogens is 2. The maximum Gasteiger partial charge on any atom is 0.407 e. The van der Waals surface area contributed by atoms with Crippen molar-refractivity contribution in [3.63, 3.8) is 0 Å². The van der Waals surface area contributed by atoms with E-state index in [0.29, 0.717) is 13.1 Å². The lowest BCUT2D eigenvalue weighted by Gasteiger charge is -2.23. The highest BCUT2D eigenvalue weighted by molar-refractivity contribution is 14.0. The molecular weight excluding hydrogens is 495 g/mol. The number of alkyl carbamates (subject to hydrolysis) is 1. The number of carbonyl (C=O) groups is 1. The Morgan fingerprint density at radius 2 is 2.13 bits per heavy atom. The van der Waals surface area contributed by atoms with Gasteiger partial charge in [0.1, 0.15) is 5.60 Å². The van der Waals surface area contributed by atoms with Gasteiger partial charge in [-0.3, -0.25) is 4.99 Å². The van der Waals surface area contributed by atoms with Crippen molar-refractivity contribution < 1.29 is 9.53 Å². The SMILES string of the molecule is CN=C(NCc1cccc(-n2cccn2)c1)N1CC[C@@H](NC(=O)OC(C)(C)C)C1.I.